The van der Waals surface area contributed by atoms with Gasteiger partial charge in [0.05, 0.1) is 5.69 Å². The van der Waals surface area contributed by atoms with Crippen molar-refractivity contribution in [3.63, 3.8) is 0 Å². The molecule has 0 saturated heterocycles. The van der Waals surface area contributed by atoms with E-state index < -0.39 is 6.03 Å². The van der Waals surface area contributed by atoms with E-state index in [0.29, 0.717) is 12.5 Å². The summed E-state index contributed by atoms with van der Waals surface area (Å²) in [7, 11) is 0. The van der Waals surface area contributed by atoms with Gasteiger partial charge in [-0.3, -0.25) is 9.88 Å². The fraction of sp³-hybridized carbons (Fsp3) is 0.417. The number of thiophene rings is 1. The molecule has 1 saturated carbocycles. The van der Waals surface area contributed by atoms with Crippen molar-refractivity contribution in [2.45, 2.75) is 45.6 Å². The third-order valence-corrected chi connectivity index (χ3v) is 7.31. The second-order valence-corrected chi connectivity index (χ2v) is 9.37. The van der Waals surface area contributed by atoms with Gasteiger partial charge in [0.25, 0.3) is 0 Å². The number of nitrogens with zero attached hydrogens (tertiary/aromatic N) is 2. The molecule has 0 radical (unpaired) electrons. The van der Waals surface area contributed by atoms with Gasteiger partial charge in [0.2, 0.25) is 0 Å². The molecule has 0 bridgehead atoms. The number of hydrogen-bond acceptors (Lipinski definition) is 4. The van der Waals surface area contributed by atoms with Gasteiger partial charge in [-0.1, -0.05) is 57.2 Å². The number of primary amides is 1. The number of urea groups is 1. The SMILES string of the molecule is CC(CNCc1cnccc1N(C(N)=O)c1cc2ccccc2s1)C1CCCCC1. The lowest BCUT2D eigenvalue weighted by Crippen LogP contribution is -2.32. The van der Waals surface area contributed by atoms with Crippen LogP contribution in [0, 0.1) is 11.8 Å². The largest absolute Gasteiger partial charge is 0.351 e. The molecular weight excluding hydrogens is 392 g/mol. The van der Waals surface area contributed by atoms with Crippen LogP contribution in [-0.4, -0.2) is 17.6 Å². The fourth-order valence-electron chi connectivity index (χ4n) is 4.50. The Morgan fingerprint density at radius 3 is 2.83 bits per heavy atom. The summed E-state index contributed by atoms with van der Waals surface area (Å²) in [4.78, 5) is 18.3. The topological polar surface area (TPSA) is 71.2 Å². The molecule has 1 aromatic carbocycles. The van der Waals surface area contributed by atoms with E-state index in [2.05, 4.69) is 29.4 Å². The summed E-state index contributed by atoms with van der Waals surface area (Å²) >= 11 is 1.57. The van der Waals surface area contributed by atoms with Crippen LogP contribution in [0.5, 0.6) is 0 Å². The summed E-state index contributed by atoms with van der Waals surface area (Å²) in [5, 5.41) is 5.53. The summed E-state index contributed by atoms with van der Waals surface area (Å²) in [6.45, 7) is 3.98. The molecule has 1 unspecified atom stereocenters. The van der Waals surface area contributed by atoms with E-state index in [1.165, 1.54) is 32.1 Å². The second-order valence-electron chi connectivity index (χ2n) is 8.31. The molecule has 1 aliphatic carbocycles. The van der Waals surface area contributed by atoms with Crippen LogP contribution in [0.4, 0.5) is 15.5 Å². The zero-order valence-electron chi connectivity index (χ0n) is 17.5. The maximum Gasteiger partial charge on any atom is 0.324 e. The Bertz CT molecular complexity index is 963. The van der Waals surface area contributed by atoms with Gasteiger partial charge in [-0.05, 0) is 42.0 Å². The number of nitrogens with one attached hydrogen (secondary N) is 1. The number of benzene rings is 1. The molecule has 3 N–H and O–H groups in total. The maximum atomic E-state index is 12.4. The van der Waals surface area contributed by atoms with Gasteiger partial charge in [0.1, 0.15) is 5.00 Å². The third kappa shape index (κ3) is 4.65. The van der Waals surface area contributed by atoms with Gasteiger partial charge in [-0.25, -0.2) is 4.79 Å². The predicted octanol–water partition coefficient (Wildman–Crippen LogP) is 5.82. The highest BCUT2D eigenvalue weighted by Crippen LogP contribution is 2.37. The number of rotatable bonds is 7. The van der Waals surface area contributed by atoms with Crippen molar-refractivity contribution in [1.29, 1.82) is 0 Å². The van der Waals surface area contributed by atoms with E-state index >= 15 is 0 Å². The first kappa shape index (κ1) is 20.8. The number of nitrogens with two attached hydrogens (primary N) is 1. The van der Waals surface area contributed by atoms with E-state index in [9.17, 15) is 4.79 Å². The molecule has 1 aliphatic rings. The molecular formula is C24H30N4OS. The van der Waals surface area contributed by atoms with Gasteiger partial charge in [-0.2, -0.15) is 0 Å². The minimum Gasteiger partial charge on any atom is -0.351 e. The van der Waals surface area contributed by atoms with Crippen LogP contribution in [-0.2, 0) is 6.54 Å². The fourth-order valence-corrected chi connectivity index (χ4v) is 5.58. The first-order valence-electron chi connectivity index (χ1n) is 10.8. The number of aromatic nitrogens is 1. The predicted molar refractivity (Wildman–Crippen MR) is 125 cm³/mol. The van der Waals surface area contributed by atoms with Gasteiger partial charge in [-0.15, -0.1) is 11.3 Å². The van der Waals surface area contributed by atoms with Crippen LogP contribution in [0.25, 0.3) is 10.1 Å². The first-order valence-corrected chi connectivity index (χ1v) is 11.7. The second kappa shape index (κ2) is 9.58. The molecule has 2 aromatic heterocycles. The summed E-state index contributed by atoms with van der Waals surface area (Å²) in [5.41, 5.74) is 7.59. The van der Waals surface area contributed by atoms with Crippen LogP contribution >= 0.6 is 11.3 Å². The lowest BCUT2D eigenvalue weighted by molar-refractivity contribution is 0.255. The van der Waals surface area contributed by atoms with Crippen molar-refractivity contribution >= 4 is 38.1 Å². The number of hydrogen-bond donors (Lipinski definition) is 2. The lowest BCUT2D eigenvalue weighted by Gasteiger charge is -2.28. The Hall–Kier alpha value is -2.44. The van der Waals surface area contributed by atoms with Crippen molar-refractivity contribution in [3.05, 3.63) is 54.4 Å². The van der Waals surface area contributed by atoms with E-state index in [0.717, 1.165) is 38.8 Å². The van der Waals surface area contributed by atoms with Crippen LogP contribution in [0.1, 0.15) is 44.6 Å². The summed E-state index contributed by atoms with van der Waals surface area (Å²) < 4.78 is 1.13. The van der Waals surface area contributed by atoms with E-state index in [4.69, 9.17) is 5.73 Å². The van der Waals surface area contributed by atoms with Gasteiger partial charge < -0.3 is 11.1 Å². The van der Waals surface area contributed by atoms with Gasteiger partial charge >= 0.3 is 6.03 Å². The number of pyridine rings is 1. The average Bonchev–Trinajstić information content (AvgIpc) is 3.18. The lowest BCUT2D eigenvalue weighted by atomic mass is 9.81. The monoisotopic (exact) mass is 422 g/mol. The molecule has 30 heavy (non-hydrogen) atoms. The number of amides is 2. The average molecular weight is 423 g/mol. The Morgan fingerprint density at radius 2 is 2.07 bits per heavy atom. The molecule has 4 rings (SSSR count). The molecule has 6 heteroatoms. The Balaban J connectivity index is 1.51. The number of carbonyl (C=O) groups excluding carboxylic acids is 1. The molecule has 158 valence electrons. The minimum absolute atomic E-state index is 0.482. The molecule has 0 spiro atoms. The third-order valence-electron chi connectivity index (χ3n) is 6.21. The number of carbonyl (C=O) groups is 1. The van der Waals surface area contributed by atoms with Gasteiger partial charge in [0, 0.05) is 29.2 Å². The minimum atomic E-state index is -0.482. The van der Waals surface area contributed by atoms with Crippen LogP contribution in [0.3, 0.4) is 0 Å². The molecule has 2 heterocycles. The Morgan fingerprint density at radius 1 is 1.27 bits per heavy atom. The normalized spacial score (nSPS) is 15.9. The van der Waals surface area contributed by atoms with Crippen LogP contribution in [0.2, 0.25) is 0 Å². The van der Waals surface area contributed by atoms with Crippen LogP contribution in [0.15, 0.2) is 48.8 Å². The smallest absolute Gasteiger partial charge is 0.324 e. The van der Waals surface area contributed by atoms with E-state index in [1.54, 1.807) is 22.4 Å². The van der Waals surface area contributed by atoms with Crippen molar-refractivity contribution < 1.29 is 4.79 Å². The van der Waals surface area contributed by atoms with E-state index in [-0.39, 0.29) is 0 Å². The van der Waals surface area contributed by atoms with Crippen molar-refractivity contribution in [2.75, 3.05) is 11.4 Å². The Kier molecular flexibility index (Phi) is 6.65. The molecule has 1 atom stereocenters. The van der Waals surface area contributed by atoms with Crippen LogP contribution < -0.4 is 16.0 Å². The molecule has 3 aromatic rings. The molecule has 1 fully saturated rings. The summed E-state index contributed by atoms with van der Waals surface area (Å²) in [6, 6.07) is 11.5. The number of fused-ring (bicyclic) bond motifs is 1. The highest BCUT2D eigenvalue weighted by Gasteiger charge is 2.22. The molecule has 2 amide bonds. The van der Waals surface area contributed by atoms with Gasteiger partial charge in [0.15, 0.2) is 0 Å². The summed E-state index contributed by atoms with van der Waals surface area (Å²) in [6.07, 6.45) is 10.4. The van der Waals surface area contributed by atoms with E-state index in [1.807, 2.05) is 30.5 Å². The zero-order valence-corrected chi connectivity index (χ0v) is 18.3. The van der Waals surface area contributed by atoms with Crippen molar-refractivity contribution in [1.82, 2.24) is 10.3 Å². The first-order chi connectivity index (χ1) is 14.6. The highest BCUT2D eigenvalue weighted by molar-refractivity contribution is 7.23. The zero-order chi connectivity index (χ0) is 20.9. The maximum absolute atomic E-state index is 12.4. The Labute approximate surface area is 182 Å². The quantitative estimate of drug-likeness (QED) is 0.504. The molecule has 5 nitrogen and oxygen atoms in total. The highest BCUT2D eigenvalue weighted by atomic mass is 32.1. The summed E-state index contributed by atoms with van der Waals surface area (Å²) in [5.74, 6) is 1.47. The standard InChI is InChI=1S/C24H30N4OS/c1-17(18-7-3-2-4-8-18)14-27-16-20-15-26-12-11-21(20)28(24(25)29)23-13-19-9-5-6-10-22(19)30-23/h5-6,9-13,15,17-18,27H,2-4,7-8,14,16H2,1H3,(H2,25,29). The number of anilines is 2. The van der Waals surface area contributed by atoms with Crippen molar-refractivity contribution in [3.8, 4) is 0 Å². The molecule has 0 aliphatic heterocycles. The van der Waals surface area contributed by atoms with Crippen molar-refractivity contribution in [2.24, 2.45) is 17.6 Å².